The Morgan fingerprint density at radius 2 is 2.08 bits per heavy atom. The number of halogens is 2. The number of benzene rings is 1. The molecule has 6 nitrogen and oxygen atoms in total. The summed E-state index contributed by atoms with van der Waals surface area (Å²) in [5, 5.41) is 5.32. The molecule has 1 aliphatic rings. The van der Waals surface area contributed by atoms with Crippen molar-refractivity contribution < 1.29 is 18.3 Å². The summed E-state index contributed by atoms with van der Waals surface area (Å²) in [4.78, 5) is 20.4. The molecule has 1 saturated heterocycles. The molecule has 1 unspecified atom stereocenters. The Balaban J connectivity index is 1.74. The molecule has 1 aromatic carbocycles. The number of anilines is 2. The Morgan fingerprint density at radius 3 is 2.76 bits per heavy atom. The Morgan fingerprint density at radius 1 is 1.32 bits per heavy atom. The van der Waals surface area contributed by atoms with E-state index in [1.165, 1.54) is 12.1 Å². The SMILES string of the molecule is Cc1nc(Nc2c(F)cccc2F)cc(C(=O)NCC2CCCO2)n1. The number of hydrogen-bond acceptors (Lipinski definition) is 5. The number of amides is 1. The normalized spacial score (nSPS) is 16.7. The third kappa shape index (κ3) is 4.27. The van der Waals surface area contributed by atoms with E-state index in [9.17, 15) is 13.6 Å². The number of ether oxygens (including phenoxy) is 1. The van der Waals surface area contributed by atoms with Crippen LogP contribution in [0.1, 0.15) is 29.2 Å². The summed E-state index contributed by atoms with van der Waals surface area (Å²) in [6.45, 7) is 2.70. The van der Waals surface area contributed by atoms with Crippen LogP contribution in [0, 0.1) is 18.6 Å². The predicted molar refractivity (Wildman–Crippen MR) is 87.7 cm³/mol. The fourth-order valence-electron chi connectivity index (χ4n) is 2.60. The molecule has 1 fully saturated rings. The minimum Gasteiger partial charge on any atom is -0.376 e. The van der Waals surface area contributed by atoms with Crippen molar-refractivity contribution in [1.29, 1.82) is 0 Å². The molecular weight excluding hydrogens is 330 g/mol. The van der Waals surface area contributed by atoms with E-state index in [4.69, 9.17) is 4.74 Å². The highest BCUT2D eigenvalue weighted by atomic mass is 19.1. The van der Waals surface area contributed by atoms with Crippen LogP contribution in [0.4, 0.5) is 20.3 Å². The first-order valence-electron chi connectivity index (χ1n) is 7.99. The molecule has 1 amide bonds. The maximum atomic E-state index is 13.8. The number of hydrogen-bond donors (Lipinski definition) is 2. The first-order valence-corrected chi connectivity index (χ1v) is 7.99. The molecular formula is C17H18F2N4O2. The zero-order valence-electron chi connectivity index (χ0n) is 13.7. The number of carbonyl (C=O) groups excluding carboxylic acids is 1. The van der Waals surface area contributed by atoms with Gasteiger partial charge in [0.15, 0.2) is 0 Å². The van der Waals surface area contributed by atoms with Gasteiger partial charge in [-0.25, -0.2) is 18.7 Å². The molecule has 0 radical (unpaired) electrons. The lowest BCUT2D eigenvalue weighted by molar-refractivity contribution is 0.0853. The molecule has 0 bridgehead atoms. The van der Waals surface area contributed by atoms with Gasteiger partial charge in [-0.1, -0.05) is 6.07 Å². The molecule has 8 heteroatoms. The van der Waals surface area contributed by atoms with E-state index >= 15 is 0 Å². The lowest BCUT2D eigenvalue weighted by Gasteiger charge is -2.12. The summed E-state index contributed by atoms with van der Waals surface area (Å²) in [5.74, 6) is -1.44. The van der Waals surface area contributed by atoms with Gasteiger partial charge in [0, 0.05) is 19.2 Å². The van der Waals surface area contributed by atoms with E-state index in [0.717, 1.165) is 25.0 Å². The lowest BCUT2D eigenvalue weighted by atomic mass is 10.2. The van der Waals surface area contributed by atoms with Gasteiger partial charge in [-0.3, -0.25) is 4.79 Å². The third-order valence-corrected chi connectivity index (χ3v) is 3.80. The molecule has 1 atom stereocenters. The summed E-state index contributed by atoms with van der Waals surface area (Å²) in [6, 6.07) is 4.89. The smallest absolute Gasteiger partial charge is 0.270 e. The fourth-order valence-corrected chi connectivity index (χ4v) is 2.60. The topological polar surface area (TPSA) is 76.1 Å². The van der Waals surface area contributed by atoms with Crippen molar-refractivity contribution in [2.75, 3.05) is 18.5 Å². The van der Waals surface area contributed by atoms with Crippen LogP contribution in [0.5, 0.6) is 0 Å². The van der Waals surface area contributed by atoms with Crippen LogP contribution < -0.4 is 10.6 Å². The highest BCUT2D eigenvalue weighted by Crippen LogP contribution is 2.22. The Labute approximate surface area is 143 Å². The van der Waals surface area contributed by atoms with Crippen molar-refractivity contribution in [1.82, 2.24) is 15.3 Å². The Hall–Kier alpha value is -2.61. The van der Waals surface area contributed by atoms with Gasteiger partial charge in [0.2, 0.25) is 0 Å². The van der Waals surface area contributed by atoms with Crippen LogP contribution in [0.3, 0.4) is 0 Å². The maximum Gasteiger partial charge on any atom is 0.270 e. The molecule has 132 valence electrons. The molecule has 1 aromatic heterocycles. The zero-order valence-corrected chi connectivity index (χ0v) is 13.7. The number of para-hydroxylation sites is 1. The fraction of sp³-hybridized carbons (Fsp3) is 0.353. The van der Waals surface area contributed by atoms with Crippen LogP contribution >= 0.6 is 0 Å². The van der Waals surface area contributed by atoms with Gasteiger partial charge in [0.05, 0.1) is 6.10 Å². The number of aromatic nitrogens is 2. The molecule has 0 aliphatic carbocycles. The van der Waals surface area contributed by atoms with E-state index in [-0.39, 0.29) is 23.3 Å². The van der Waals surface area contributed by atoms with Crippen LogP contribution in [0.2, 0.25) is 0 Å². The summed E-state index contributed by atoms with van der Waals surface area (Å²) >= 11 is 0. The van der Waals surface area contributed by atoms with Crippen LogP contribution in [-0.4, -0.2) is 35.1 Å². The van der Waals surface area contributed by atoms with Crippen LogP contribution in [-0.2, 0) is 4.74 Å². The summed E-state index contributed by atoms with van der Waals surface area (Å²) in [6.07, 6.45) is 1.90. The number of nitrogens with zero attached hydrogens (tertiary/aromatic N) is 2. The summed E-state index contributed by atoms with van der Waals surface area (Å²) < 4.78 is 32.9. The number of aryl methyl sites for hydroxylation is 1. The lowest BCUT2D eigenvalue weighted by Crippen LogP contribution is -2.32. The summed E-state index contributed by atoms with van der Waals surface area (Å²) in [5.41, 5.74) is -0.212. The van der Waals surface area contributed by atoms with Crippen molar-refractivity contribution in [2.24, 2.45) is 0 Å². The molecule has 0 spiro atoms. The second-order valence-corrected chi connectivity index (χ2v) is 5.75. The number of nitrogens with one attached hydrogen (secondary N) is 2. The summed E-state index contributed by atoms with van der Waals surface area (Å²) in [7, 11) is 0. The molecule has 2 aromatic rings. The zero-order chi connectivity index (χ0) is 17.8. The molecule has 3 rings (SSSR count). The van der Waals surface area contributed by atoms with Gasteiger partial charge >= 0.3 is 0 Å². The minimum atomic E-state index is -0.749. The van der Waals surface area contributed by atoms with Gasteiger partial charge in [-0.15, -0.1) is 0 Å². The van der Waals surface area contributed by atoms with Crippen molar-refractivity contribution in [3.05, 3.63) is 47.4 Å². The highest BCUT2D eigenvalue weighted by Gasteiger charge is 2.18. The van der Waals surface area contributed by atoms with Gasteiger partial charge in [-0.05, 0) is 31.9 Å². The van der Waals surface area contributed by atoms with E-state index in [1.54, 1.807) is 6.92 Å². The maximum absolute atomic E-state index is 13.8. The second kappa shape index (κ2) is 7.52. The Bertz CT molecular complexity index is 759. The van der Waals surface area contributed by atoms with Crippen molar-refractivity contribution >= 4 is 17.4 Å². The molecule has 2 N–H and O–H groups in total. The van der Waals surface area contributed by atoms with Crippen LogP contribution in [0.15, 0.2) is 24.3 Å². The molecule has 1 aliphatic heterocycles. The molecule has 2 heterocycles. The van der Waals surface area contributed by atoms with E-state index in [1.807, 2.05) is 0 Å². The van der Waals surface area contributed by atoms with Crippen LogP contribution in [0.25, 0.3) is 0 Å². The largest absolute Gasteiger partial charge is 0.376 e. The minimum absolute atomic E-state index is 0.0111. The number of rotatable bonds is 5. The average molecular weight is 348 g/mol. The quantitative estimate of drug-likeness (QED) is 0.869. The van der Waals surface area contributed by atoms with Gasteiger partial charge in [0.25, 0.3) is 5.91 Å². The first-order chi connectivity index (χ1) is 12.0. The van der Waals surface area contributed by atoms with Crippen molar-refractivity contribution in [2.45, 2.75) is 25.9 Å². The van der Waals surface area contributed by atoms with E-state index in [2.05, 4.69) is 20.6 Å². The highest BCUT2D eigenvalue weighted by molar-refractivity contribution is 5.93. The van der Waals surface area contributed by atoms with Gasteiger partial charge in [-0.2, -0.15) is 0 Å². The number of carbonyl (C=O) groups is 1. The van der Waals surface area contributed by atoms with Crippen molar-refractivity contribution in [3.63, 3.8) is 0 Å². The van der Waals surface area contributed by atoms with E-state index in [0.29, 0.717) is 19.0 Å². The van der Waals surface area contributed by atoms with Crippen molar-refractivity contribution in [3.8, 4) is 0 Å². The second-order valence-electron chi connectivity index (χ2n) is 5.75. The monoisotopic (exact) mass is 348 g/mol. The molecule has 0 saturated carbocycles. The van der Waals surface area contributed by atoms with Gasteiger partial charge < -0.3 is 15.4 Å². The average Bonchev–Trinajstić information content (AvgIpc) is 3.09. The van der Waals surface area contributed by atoms with Gasteiger partial charge in [0.1, 0.15) is 34.7 Å². The predicted octanol–water partition coefficient (Wildman–Crippen LogP) is 2.72. The standard InChI is InChI=1S/C17H18F2N4O2/c1-10-21-14(17(24)20-9-11-4-3-7-25-11)8-15(22-10)23-16-12(18)5-2-6-13(16)19/h2,5-6,8,11H,3-4,7,9H2,1H3,(H,20,24)(H,21,22,23). The molecule has 25 heavy (non-hydrogen) atoms. The first kappa shape index (κ1) is 17.2. The Kier molecular flexibility index (Phi) is 5.18. The third-order valence-electron chi connectivity index (χ3n) is 3.80. The van der Waals surface area contributed by atoms with E-state index < -0.39 is 17.5 Å².